The van der Waals surface area contributed by atoms with Gasteiger partial charge < -0.3 is 0 Å². The van der Waals surface area contributed by atoms with E-state index in [0.29, 0.717) is 6.42 Å². The maximum atomic E-state index is 11.3. The Morgan fingerprint density at radius 1 is 1.28 bits per heavy atom. The monoisotopic (exact) mass is 244 g/mol. The fourth-order valence-corrected chi connectivity index (χ4v) is 1.46. The molecular formula is C15H20N2O. The van der Waals surface area contributed by atoms with E-state index >= 15 is 0 Å². The molecule has 1 N–H and O–H groups in total. The summed E-state index contributed by atoms with van der Waals surface area (Å²) in [5, 5.41) is 3.85. The molecule has 0 saturated heterocycles. The molecule has 0 aliphatic heterocycles. The van der Waals surface area contributed by atoms with Crippen molar-refractivity contribution in [1.29, 1.82) is 0 Å². The summed E-state index contributed by atoms with van der Waals surface area (Å²) in [6.45, 7) is 2.12. The van der Waals surface area contributed by atoms with Gasteiger partial charge in [0.05, 0.1) is 0 Å². The molecule has 1 rings (SSSR count). The number of hydrogen-bond donors (Lipinski definition) is 1. The second kappa shape index (κ2) is 9.16. The maximum Gasteiger partial charge on any atom is 0.240 e. The van der Waals surface area contributed by atoms with Crippen LogP contribution < -0.4 is 5.43 Å². The predicted octanol–water partition coefficient (Wildman–Crippen LogP) is 3.38. The largest absolute Gasteiger partial charge is 0.273 e. The van der Waals surface area contributed by atoms with Gasteiger partial charge in [0.15, 0.2) is 0 Å². The topological polar surface area (TPSA) is 41.5 Å². The number of nitrogens with one attached hydrogen (secondary N) is 1. The molecule has 0 spiro atoms. The first kappa shape index (κ1) is 14.2. The standard InChI is InChI=1S/C15H20N2O/c1-2-3-5-12-15(18)17-16-13-8-11-14-9-6-4-7-10-14/h4,6-11,13H,2-3,5,12H2,1H3,(H,17,18)/b11-8+,16-13+. The number of hydrazone groups is 1. The van der Waals surface area contributed by atoms with Crippen LogP contribution in [0.4, 0.5) is 0 Å². The Morgan fingerprint density at radius 2 is 2.06 bits per heavy atom. The van der Waals surface area contributed by atoms with Crippen molar-refractivity contribution in [2.45, 2.75) is 32.6 Å². The molecule has 0 aliphatic rings. The van der Waals surface area contributed by atoms with E-state index in [0.717, 1.165) is 24.8 Å². The summed E-state index contributed by atoms with van der Waals surface area (Å²) >= 11 is 0. The zero-order valence-corrected chi connectivity index (χ0v) is 10.8. The van der Waals surface area contributed by atoms with E-state index in [1.54, 1.807) is 6.21 Å². The van der Waals surface area contributed by atoms with E-state index < -0.39 is 0 Å². The van der Waals surface area contributed by atoms with Crippen molar-refractivity contribution in [3.05, 3.63) is 42.0 Å². The highest BCUT2D eigenvalue weighted by Gasteiger charge is 1.96. The lowest BCUT2D eigenvalue weighted by molar-refractivity contribution is -0.121. The van der Waals surface area contributed by atoms with Gasteiger partial charge in [0.1, 0.15) is 0 Å². The number of amides is 1. The third-order valence-corrected chi connectivity index (χ3v) is 2.45. The minimum absolute atomic E-state index is 0.0205. The van der Waals surface area contributed by atoms with Gasteiger partial charge in [-0.15, -0.1) is 0 Å². The average Bonchev–Trinajstić information content (AvgIpc) is 2.40. The van der Waals surface area contributed by atoms with E-state index in [-0.39, 0.29) is 5.91 Å². The summed E-state index contributed by atoms with van der Waals surface area (Å²) in [7, 11) is 0. The highest BCUT2D eigenvalue weighted by molar-refractivity contribution is 5.81. The fourth-order valence-electron chi connectivity index (χ4n) is 1.46. The highest BCUT2D eigenvalue weighted by atomic mass is 16.2. The molecule has 1 aromatic rings. The molecule has 0 heterocycles. The molecule has 0 radical (unpaired) electrons. The van der Waals surface area contributed by atoms with Gasteiger partial charge in [0, 0.05) is 12.6 Å². The van der Waals surface area contributed by atoms with Crippen molar-refractivity contribution in [1.82, 2.24) is 5.43 Å². The number of unbranched alkanes of at least 4 members (excludes halogenated alkanes) is 2. The van der Waals surface area contributed by atoms with E-state index in [4.69, 9.17) is 0 Å². The summed E-state index contributed by atoms with van der Waals surface area (Å²) in [4.78, 5) is 11.3. The minimum Gasteiger partial charge on any atom is -0.273 e. The Morgan fingerprint density at radius 3 is 2.78 bits per heavy atom. The van der Waals surface area contributed by atoms with Crippen molar-refractivity contribution in [2.24, 2.45) is 5.10 Å². The normalized spacial score (nSPS) is 11.2. The molecule has 0 atom stereocenters. The summed E-state index contributed by atoms with van der Waals surface area (Å²) in [6.07, 6.45) is 9.02. The third-order valence-electron chi connectivity index (χ3n) is 2.45. The van der Waals surface area contributed by atoms with Crippen molar-refractivity contribution < 1.29 is 4.79 Å². The van der Waals surface area contributed by atoms with Gasteiger partial charge in [-0.25, -0.2) is 5.43 Å². The number of nitrogens with zero attached hydrogens (tertiary/aromatic N) is 1. The first-order valence-electron chi connectivity index (χ1n) is 6.36. The van der Waals surface area contributed by atoms with Gasteiger partial charge in [-0.2, -0.15) is 5.10 Å². The van der Waals surface area contributed by atoms with Crippen molar-refractivity contribution >= 4 is 18.2 Å². The van der Waals surface area contributed by atoms with Crippen LogP contribution in [0.5, 0.6) is 0 Å². The van der Waals surface area contributed by atoms with Crippen molar-refractivity contribution in [2.75, 3.05) is 0 Å². The third kappa shape index (κ3) is 6.63. The van der Waals surface area contributed by atoms with Crippen LogP contribution in [0.3, 0.4) is 0 Å². The number of carbonyl (C=O) groups excluding carboxylic acids is 1. The molecule has 0 unspecified atom stereocenters. The highest BCUT2D eigenvalue weighted by Crippen LogP contribution is 2.00. The zero-order valence-electron chi connectivity index (χ0n) is 10.8. The molecular weight excluding hydrogens is 224 g/mol. The Hall–Kier alpha value is -1.90. The molecule has 0 fully saturated rings. The van der Waals surface area contributed by atoms with Crippen LogP contribution in [0, 0.1) is 0 Å². The lowest BCUT2D eigenvalue weighted by Crippen LogP contribution is -2.16. The Bertz CT molecular complexity index is 396. The second-order valence-corrected chi connectivity index (χ2v) is 4.04. The number of rotatable bonds is 7. The SMILES string of the molecule is CCCCCC(=O)N/N=C/C=C/c1ccccc1. The first-order chi connectivity index (χ1) is 8.83. The van der Waals surface area contributed by atoms with Gasteiger partial charge in [0.2, 0.25) is 5.91 Å². The molecule has 0 aliphatic carbocycles. The van der Waals surface area contributed by atoms with E-state index in [2.05, 4.69) is 17.5 Å². The maximum absolute atomic E-state index is 11.3. The van der Waals surface area contributed by atoms with Crippen molar-refractivity contribution in [3.8, 4) is 0 Å². The minimum atomic E-state index is -0.0205. The van der Waals surface area contributed by atoms with Crippen LogP contribution in [0.15, 0.2) is 41.5 Å². The summed E-state index contributed by atoms with van der Waals surface area (Å²) in [5.74, 6) is -0.0205. The predicted molar refractivity (Wildman–Crippen MR) is 76.3 cm³/mol. The molecule has 0 saturated carbocycles. The van der Waals surface area contributed by atoms with Crippen molar-refractivity contribution in [3.63, 3.8) is 0 Å². The van der Waals surface area contributed by atoms with Crippen LogP contribution in [-0.4, -0.2) is 12.1 Å². The lowest BCUT2D eigenvalue weighted by Gasteiger charge is -1.97. The first-order valence-corrected chi connectivity index (χ1v) is 6.36. The molecule has 1 aromatic carbocycles. The smallest absolute Gasteiger partial charge is 0.240 e. The average molecular weight is 244 g/mol. The number of allylic oxidation sites excluding steroid dienone is 1. The van der Waals surface area contributed by atoms with Gasteiger partial charge in [-0.05, 0) is 18.1 Å². The van der Waals surface area contributed by atoms with Crippen LogP contribution in [0.2, 0.25) is 0 Å². The second-order valence-electron chi connectivity index (χ2n) is 4.04. The molecule has 3 heteroatoms. The van der Waals surface area contributed by atoms with Crippen LogP contribution >= 0.6 is 0 Å². The van der Waals surface area contributed by atoms with Crippen LogP contribution in [0.1, 0.15) is 38.2 Å². The summed E-state index contributed by atoms with van der Waals surface area (Å²) in [6, 6.07) is 9.95. The fraction of sp³-hybridized carbons (Fsp3) is 0.333. The molecule has 18 heavy (non-hydrogen) atoms. The number of carbonyl (C=O) groups is 1. The molecule has 3 nitrogen and oxygen atoms in total. The lowest BCUT2D eigenvalue weighted by atomic mass is 10.2. The van der Waals surface area contributed by atoms with Crippen LogP contribution in [-0.2, 0) is 4.79 Å². The molecule has 0 aromatic heterocycles. The summed E-state index contributed by atoms with van der Waals surface area (Å²) in [5.41, 5.74) is 3.62. The van der Waals surface area contributed by atoms with E-state index in [1.807, 2.05) is 42.5 Å². The van der Waals surface area contributed by atoms with E-state index in [9.17, 15) is 4.79 Å². The number of hydrogen-bond acceptors (Lipinski definition) is 2. The Labute approximate surface area is 109 Å². The quantitative estimate of drug-likeness (QED) is 0.446. The summed E-state index contributed by atoms with van der Waals surface area (Å²) < 4.78 is 0. The Kier molecular flexibility index (Phi) is 7.21. The molecule has 1 amide bonds. The van der Waals surface area contributed by atoms with Gasteiger partial charge in [0.25, 0.3) is 0 Å². The van der Waals surface area contributed by atoms with Gasteiger partial charge >= 0.3 is 0 Å². The Balaban J connectivity index is 2.21. The van der Waals surface area contributed by atoms with Gasteiger partial charge in [-0.3, -0.25) is 4.79 Å². The van der Waals surface area contributed by atoms with E-state index in [1.165, 1.54) is 0 Å². The van der Waals surface area contributed by atoms with Gasteiger partial charge in [-0.1, -0.05) is 56.2 Å². The zero-order chi connectivity index (χ0) is 13.1. The van der Waals surface area contributed by atoms with Crippen LogP contribution in [0.25, 0.3) is 6.08 Å². The molecule has 96 valence electrons. The number of benzene rings is 1. The molecule has 0 bridgehead atoms.